The first kappa shape index (κ1) is 17.2. The maximum atomic E-state index is 2.22. The lowest BCUT2D eigenvalue weighted by Crippen LogP contribution is -1.78. The van der Waals surface area contributed by atoms with Gasteiger partial charge in [0.2, 0.25) is 0 Å². The highest BCUT2D eigenvalue weighted by molar-refractivity contribution is 7.25. The summed E-state index contributed by atoms with van der Waals surface area (Å²) in [4.78, 5) is 0. The number of benzene rings is 3. The third-order valence-corrected chi connectivity index (χ3v) is 4.62. The summed E-state index contributed by atoms with van der Waals surface area (Å²) in [6.07, 6.45) is 0. The second-order valence-electron chi connectivity index (χ2n) is 4.64. The zero-order valence-electron chi connectivity index (χ0n) is 14.3. The average Bonchev–Trinajstić information content (AvgIpc) is 3.04. The molecule has 3 aromatic carbocycles. The summed E-state index contributed by atoms with van der Waals surface area (Å²) in [7, 11) is 0. The van der Waals surface area contributed by atoms with E-state index in [1.165, 1.54) is 31.3 Å². The lowest BCUT2D eigenvalue weighted by Gasteiger charge is -2.04. The molecule has 0 bridgehead atoms. The molecule has 0 unspecified atom stereocenters. The van der Waals surface area contributed by atoms with Crippen molar-refractivity contribution in [1.29, 1.82) is 0 Å². The van der Waals surface area contributed by atoms with Gasteiger partial charge in [-0.1, -0.05) is 88.4 Å². The molecule has 0 fully saturated rings. The Hall–Kier alpha value is -2.12. The molecular formula is C22H24S. The van der Waals surface area contributed by atoms with Crippen LogP contribution in [-0.4, -0.2) is 0 Å². The Morgan fingerprint density at radius 1 is 0.565 bits per heavy atom. The number of thiophene rings is 1. The van der Waals surface area contributed by atoms with Gasteiger partial charge in [-0.05, 0) is 23.3 Å². The molecule has 1 aromatic heterocycles. The fourth-order valence-electron chi connectivity index (χ4n) is 2.63. The van der Waals surface area contributed by atoms with E-state index in [4.69, 9.17) is 0 Å². The van der Waals surface area contributed by atoms with Crippen molar-refractivity contribution in [3.63, 3.8) is 0 Å². The van der Waals surface area contributed by atoms with Gasteiger partial charge in [-0.25, -0.2) is 0 Å². The van der Waals surface area contributed by atoms with Gasteiger partial charge >= 0.3 is 0 Å². The zero-order valence-corrected chi connectivity index (χ0v) is 15.2. The molecule has 0 aliphatic rings. The molecule has 23 heavy (non-hydrogen) atoms. The Balaban J connectivity index is 0.000000448. The third-order valence-electron chi connectivity index (χ3n) is 3.49. The fraction of sp³-hybridized carbons (Fsp3) is 0.182. The van der Waals surface area contributed by atoms with Gasteiger partial charge in [0.05, 0.1) is 0 Å². The summed E-state index contributed by atoms with van der Waals surface area (Å²) in [6.45, 7) is 8.00. The Morgan fingerprint density at radius 2 is 1.17 bits per heavy atom. The van der Waals surface area contributed by atoms with Crippen molar-refractivity contribution < 1.29 is 0 Å². The first-order valence-corrected chi connectivity index (χ1v) is 9.21. The van der Waals surface area contributed by atoms with Crippen molar-refractivity contribution in [3.05, 3.63) is 72.8 Å². The van der Waals surface area contributed by atoms with Gasteiger partial charge in [-0.15, -0.1) is 11.3 Å². The Bertz CT molecular complexity index is 857. The van der Waals surface area contributed by atoms with Crippen LogP contribution in [0.15, 0.2) is 72.8 Å². The van der Waals surface area contributed by atoms with Crippen molar-refractivity contribution in [1.82, 2.24) is 0 Å². The van der Waals surface area contributed by atoms with Crippen LogP contribution >= 0.6 is 11.3 Å². The molecule has 0 spiro atoms. The molecule has 0 nitrogen and oxygen atoms in total. The normalized spacial score (nSPS) is 9.74. The summed E-state index contributed by atoms with van der Waals surface area (Å²) in [5, 5.41) is 2.75. The molecular weight excluding hydrogens is 296 g/mol. The molecule has 0 radical (unpaired) electrons. The molecule has 0 saturated heterocycles. The quantitative estimate of drug-likeness (QED) is 0.336. The van der Waals surface area contributed by atoms with Crippen molar-refractivity contribution in [2.75, 3.05) is 0 Å². The van der Waals surface area contributed by atoms with E-state index < -0.39 is 0 Å². The largest absolute Gasteiger partial charge is 0.135 e. The Labute approximate surface area is 143 Å². The van der Waals surface area contributed by atoms with Crippen LogP contribution in [0.3, 0.4) is 0 Å². The minimum absolute atomic E-state index is 1.29. The van der Waals surface area contributed by atoms with Crippen LogP contribution in [0.25, 0.3) is 31.3 Å². The summed E-state index contributed by atoms with van der Waals surface area (Å²) in [5.41, 5.74) is 2.62. The molecule has 118 valence electrons. The Kier molecular flexibility index (Phi) is 6.37. The maximum absolute atomic E-state index is 2.22. The highest BCUT2D eigenvalue weighted by Gasteiger charge is 2.09. The predicted molar refractivity (Wildman–Crippen MR) is 107 cm³/mol. The van der Waals surface area contributed by atoms with E-state index in [1.807, 2.05) is 39.0 Å². The number of rotatable bonds is 1. The summed E-state index contributed by atoms with van der Waals surface area (Å²) in [6, 6.07) is 25.9. The van der Waals surface area contributed by atoms with Gasteiger partial charge in [0, 0.05) is 20.2 Å². The van der Waals surface area contributed by atoms with E-state index in [0.29, 0.717) is 0 Å². The maximum Gasteiger partial charge on any atom is 0.0361 e. The summed E-state index contributed by atoms with van der Waals surface area (Å²) < 4.78 is 2.73. The van der Waals surface area contributed by atoms with E-state index >= 15 is 0 Å². The molecule has 0 aliphatic heterocycles. The highest BCUT2D eigenvalue weighted by atomic mass is 32.1. The minimum atomic E-state index is 1.29. The Morgan fingerprint density at radius 3 is 1.91 bits per heavy atom. The van der Waals surface area contributed by atoms with Crippen molar-refractivity contribution >= 4 is 31.5 Å². The monoisotopic (exact) mass is 320 g/mol. The van der Waals surface area contributed by atoms with E-state index in [-0.39, 0.29) is 0 Å². The van der Waals surface area contributed by atoms with Crippen LogP contribution < -0.4 is 0 Å². The smallest absolute Gasteiger partial charge is 0.0361 e. The lowest BCUT2D eigenvalue weighted by atomic mass is 10.00. The SMILES string of the molecule is CC.CC.c1ccc(-c2cccc3sc4ccccc4c23)cc1. The van der Waals surface area contributed by atoms with Gasteiger partial charge < -0.3 is 0 Å². The topological polar surface area (TPSA) is 0 Å². The van der Waals surface area contributed by atoms with Gasteiger partial charge in [-0.2, -0.15) is 0 Å². The van der Waals surface area contributed by atoms with E-state index in [1.54, 1.807) is 0 Å². The predicted octanol–water partition coefficient (Wildman–Crippen LogP) is 7.77. The molecule has 4 aromatic rings. The molecule has 4 rings (SSSR count). The van der Waals surface area contributed by atoms with Crippen LogP contribution in [0.2, 0.25) is 0 Å². The first-order valence-electron chi connectivity index (χ1n) is 8.39. The summed E-state index contributed by atoms with van der Waals surface area (Å²) in [5.74, 6) is 0. The van der Waals surface area contributed by atoms with Crippen molar-refractivity contribution in [3.8, 4) is 11.1 Å². The molecule has 1 heteroatoms. The fourth-order valence-corrected chi connectivity index (χ4v) is 3.77. The molecule has 0 aliphatic carbocycles. The van der Waals surface area contributed by atoms with Crippen LogP contribution in [0.5, 0.6) is 0 Å². The van der Waals surface area contributed by atoms with Crippen LogP contribution in [-0.2, 0) is 0 Å². The van der Waals surface area contributed by atoms with Crippen LogP contribution in [0.4, 0.5) is 0 Å². The number of fused-ring (bicyclic) bond motifs is 3. The van der Waals surface area contributed by atoms with Crippen molar-refractivity contribution in [2.24, 2.45) is 0 Å². The molecule has 0 amide bonds. The second-order valence-corrected chi connectivity index (χ2v) is 5.73. The van der Waals surface area contributed by atoms with E-state index in [9.17, 15) is 0 Å². The minimum Gasteiger partial charge on any atom is -0.135 e. The van der Waals surface area contributed by atoms with E-state index in [0.717, 1.165) is 0 Å². The molecule has 1 heterocycles. The molecule has 0 saturated carbocycles. The summed E-state index contributed by atoms with van der Waals surface area (Å²) >= 11 is 1.87. The number of hydrogen-bond acceptors (Lipinski definition) is 1. The van der Waals surface area contributed by atoms with E-state index in [2.05, 4.69) is 72.8 Å². The lowest BCUT2D eigenvalue weighted by molar-refractivity contribution is 1.50. The van der Waals surface area contributed by atoms with Gasteiger partial charge in [0.15, 0.2) is 0 Å². The zero-order chi connectivity index (χ0) is 16.7. The molecule has 0 atom stereocenters. The standard InChI is InChI=1S/C18H12S.2C2H6/c1-2-7-13(8-3-1)14-10-6-12-17-18(14)15-9-4-5-11-16(15)19-17;2*1-2/h1-12H;2*1-2H3. The van der Waals surface area contributed by atoms with Crippen molar-refractivity contribution in [2.45, 2.75) is 27.7 Å². The second kappa shape index (κ2) is 8.50. The molecule has 0 N–H and O–H groups in total. The highest BCUT2D eigenvalue weighted by Crippen LogP contribution is 2.39. The first-order chi connectivity index (χ1) is 11.4. The van der Waals surface area contributed by atoms with Gasteiger partial charge in [0.25, 0.3) is 0 Å². The van der Waals surface area contributed by atoms with Crippen LogP contribution in [0, 0.1) is 0 Å². The number of hydrogen-bond donors (Lipinski definition) is 0. The van der Waals surface area contributed by atoms with Gasteiger partial charge in [-0.3, -0.25) is 0 Å². The van der Waals surface area contributed by atoms with Gasteiger partial charge in [0.1, 0.15) is 0 Å². The average molecular weight is 321 g/mol. The third kappa shape index (κ3) is 3.46. The van der Waals surface area contributed by atoms with Crippen LogP contribution in [0.1, 0.15) is 27.7 Å².